The van der Waals surface area contributed by atoms with E-state index in [-0.39, 0.29) is 23.0 Å². The number of methoxy groups -OCH3 is 1. The fourth-order valence-corrected chi connectivity index (χ4v) is 5.22. The molecule has 0 aliphatic carbocycles. The molecule has 3 heterocycles. The summed E-state index contributed by atoms with van der Waals surface area (Å²) < 4.78 is 8.95. The van der Waals surface area contributed by atoms with E-state index < -0.39 is 6.04 Å². The molecule has 5 rings (SSSR count). The van der Waals surface area contributed by atoms with Gasteiger partial charge in [-0.3, -0.25) is 18.8 Å². The third kappa shape index (κ3) is 4.22. The van der Waals surface area contributed by atoms with Crippen LogP contribution in [0.1, 0.15) is 24.1 Å². The van der Waals surface area contributed by atoms with Crippen molar-refractivity contribution in [3.8, 4) is 11.5 Å². The van der Waals surface area contributed by atoms with E-state index in [1.165, 1.54) is 29.1 Å². The average molecular weight is 502 g/mol. The van der Waals surface area contributed by atoms with Gasteiger partial charge in [0.2, 0.25) is 0 Å². The Morgan fingerprint density at radius 1 is 1.22 bits per heavy atom. The van der Waals surface area contributed by atoms with Gasteiger partial charge in [-0.15, -0.1) is 0 Å². The molecule has 182 valence electrons. The summed E-state index contributed by atoms with van der Waals surface area (Å²) in [6, 6.07) is 13.1. The maximum Gasteiger partial charge on any atom is 0.271 e. The van der Waals surface area contributed by atoms with E-state index in [0.29, 0.717) is 31.9 Å². The molecular formula is C26H23N5O4S. The third-order valence-corrected chi connectivity index (χ3v) is 6.82. The Kier molecular flexibility index (Phi) is 6.03. The number of aryl methyl sites for hydroxylation is 1. The number of nitrogens with zero attached hydrogens (tertiary/aromatic N) is 4. The molecule has 0 saturated carbocycles. The molecule has 9 nitrogen and oxygen atoms in total. The van der Waals surface area contributed by atoms with Gasteiger partial charge in [-0.05, 0) is 42.8 Å². The number of phenols is 1. The second-order valence-electron chi connectivity index (χ2n) is 8.28. The van der Waals surface area contributed by atoms with Crippen LogP contribution < -0.4 is 24.9 Å². The lowest BCUT2D eigenvalue weighted by Crippen LogP contribution is -2.40. The Balaban J connectivity index is 1.70. The van der Waals surface area contributed by atoms with Gasteiger partial charge in [0.25, 0.3) is 11.5 Å². The van der Waals surface area contributed by atoms with Crippen molar-refractivity contribution in [1.82, 2.24) is 14.3 Å². The van der Waals surface area contributed by atoms with Gasteiger partial charge in [0.05, 0.1) is 35.2 Å². The molecule has 0 bridgehead atoms. The first kappa shape index (κ1) is 23.3. The summed E-state index contributed by atoms with van der Waals surface area (Å²) in [4.78, 5) is 32.4. The van der Waals surface area contributed by atoms with Crippen LogP contribution >= 0.6 is 11.3 Å². The summed E-state index contributed by atoms with van der Waals surface area (Å²) in [7, 11) is 3.25. The quantitative estimate of drug-likeness (QED) is 0.436. The average Bonchev–Trinajstić information content (AvgIpc) is 3.41. The number of anilines is 1. The van der Waals surface area contributed by atoms with Crippen LogP contribution in [0, 0.1) is 0 Å². The van der Waals surface area contributed by atoms with E-state index in [9.17, 15) is 14.7 Å². The zero-order valence-corrected chi connectivity index (χ0v) is 20.6. The molecular weight excluding hydrogens is 478 g/mol. The smallest absolute Gasteiger partial charge is 0.271 e. The van der Waals surface area contributed by atoms with Crippen molar-refractivity contribution >= 4 is 29.0 Å². The lowest BCUT2D eigenvalue weighted by Gasteiger charge is -2.25. The van der Waals surface area contributed by atoms with Crippen molar-refractivity contribution < 1.29 is 14.6 Å². The van der Waals surface area contributed by atoms with Crippen molar-refractivity contribution in [2.75, 3.05) is 12.4 Å². The Bertz CT molecular complexity index is 1680. The first-order valence-corrected chi connectivity index (χ1v) is 11.9. The summed E-state index contributed by atoms with van der Waals surface area (Å²) in [5, 5.41) is 17.2. The minimum absolute atomic E-state index is 0.0405. The number of carbonyl (C=O) groups excluding carboxylic acids is 1. The number of hydrogen-bond donors (Lipinski definition) is 2. The highest BCUT2D eigenvalue weighted by atomic mass is 32.1. The number of thiazole rings is 1. The number of aromatic nitrogens is 3. The molecule has 2 aromatic carbocycles. The van der Waals surface area contributed by atoms with Gasteiger partial charge >= 0.3 is 0 Å². The molecule has 2 aromatic heterocycles. The molecule has 1 aliphatic heterocycles. The van der Waals surface area contributed by atoms with Crippen LogP contribution in [0.5, 0.6) is 11.5 Å². The second kappa shape index (κ2) is 9.31. The molecule has 0 spiro atoms. The van der Waals surface area contributed by atoms with E-state index in [1.807, 2.05) is 24.4 Å². The molecule has 0 unspecified atom stereocenters. The number of phenolic OH excluding ortho intramolecular Hbond substituents is 1. The van der Waals surface area contributed by atoms with Gasteiger partial charge in [0.15, 0.2) is 16.3 Å². The molecule has 1 amide bonds. The minimum atomic E-state index is -0.782. The Hall–Kier alpha value is -4.44. The fraction of sp³-hybridized carbons (Fsp3) is 0.154. The van der Waals surface area contributed by atoms with Gasteiger partial charge in [-0.1, -0.05) is 35.6 Å². The van der Waals surface area contributed by atoms with Gasteiger partial charge in [-0.2, -0.15) is 5.10 Å². The molecule has 0 saturated heterocycles. The van der Waals surface area contributed by atoms with Crippen LogP contribution in [0.2, 0.25) is 0 Å². The normalized spacial score (nSPS) is 15.4. The van der Waals surface area contributed by atoms with Crippen LogP contribution in [0.15, 0.2) is 82.0 Å². The number of allylic oxidation sites excluding steroid dienone is 1. The van der Waals surface area contributed by atoms with E-state index in [4.69, 9.17) is 4.74 Å². The predicted molar refractivity (Wildman–Crippen MR) is 137 cm³/mol. The SMILES string of the molecule is COc1cc([C@@H]2C(C(=O)Nc3ccccc3)=C(C)N=c3s/c(=C/c4cnn(C)c4)c(=O)n32)ccc1O. The molecule has 0 fully saturated rings. The number of para-hydroxylation sites is 1. The van der Waals surface area contributed by atoms with Crippen molar-refractivity contribution in [3.05, 3.63) is 103 Å². The van der Waals surface area contributed by atoms with Gasteiger partial charge in [-0.25, -0.2) is 4.99 Å². The Labute approximate surface area is 209 Å². The lowest BCUT2D eigenvalue weighted by molar-refractivity contribution is -0.113. The van der Waals surface area contributed by atoms with Crippen LogP contribution in [0.4, 0.5) is 5.69 Å². The predicted octanol–water partition coefficient (Wildman–Crippen LogP) is 2.32. The highest BCUT2D eigenvalue weighted by molar-refractivity contribution is 7.07. The van der Waals surface area contributed by atoms with Crippen molar-refractivity contribution in [3.63, 3.8) is 0 Å². The molecule has 1 aliphatic rings. The fourth-order valence-electron chi connectivity index (χ4n) is 4.18. The van der Waals surface area contributed by atoms with E-state index in [2.05, 4.69) is 15.4 Å². The molecule has 36 heavy (non-hydrogen) atoms. The number of carbonyl (C=O) groups is 1. The van der Waals surface area contributed by atoms with Crippen molar-refractivity contribution in [1.29, 1.82) is 0 Å². The van der Waals surface area contributed by atoms with Gasteiger partial charge < -0.3 is 15.2 Å². The third-order valence-electron chi connectivity index (χ3n) is 5.84. The molecule has 10 heteroatoms. The van der Waals surface area contributed by atoms with Gasteiger partial charge in [0.1, 0.15) is 0 Å². The number of hydrogen-bond acceptors (Lipinski definition) is 7. The highest BCUT2D eigenvalue weighted by Crippen LogP contribution is 2.35. The second-order valence-corrected chi connectivity index (χ2v) is 9.29. The number of ether oxygens (including phenoxy) is 1. The van der Waals surface area contributed by atoms with E-state index in [0.717, 1.165) is 5.56 Å². The van der Waals surface area contributed by atoms with Crippen LogP contribution in [0.3, 0.4) is 0 Å². The summed E-state index contributed by atoms with van der Waals surface area (Å²) in [5.74, 6) is -0.176. The van der Waals surface area contributed by atoms with Crippen LogP contribution in [0.25, 0.3) is 6.08 Å². The van der Waals surface area contributed by atoms with Gasteiger partial charge in [0, 0.05) is 24.5 Å². The number of benzene rings is 2. The Morgan fingerprint density at radius 3 is 2.69 bits per heavy atom. The molecule has 2 N–H and O–H groups in total. The number of fused-ring (bicyclic) bond motifs is 1. The number of aromatic hydroxyl groups is 1. The molecule has 1 atom stereocenters. The zero-order chi connectivity index (χ0) is 25.4. The maximum atomic E-state index is 13.7. The van der Waals surface area contributed by atoms with E-state index >= 15 is 0 Å². The Morgan fingerprint density at radius 2 is 2.00 bits per heavy atom. The maximum absolute atomic E-state index is 13.7. The van der Waals surface area contributed by atoms with Crippen molar-refractivity contribution in [2.45, 2.75) is 13.0 Å². The topological polar surface area (TPSA) is 111 Å². The number of nitrogens with one attached hydrogen (secondary N) is 1. The summed E-state index contributed by atoms with van der Waals surface area (Å²) >= 11 is 1.24. The van der Waals surface area contributed by atoms with Crippen LogP contribution in [-0.4, -0.2) is 32.5 Å². The minimum Gasteiger partial charge on any atom is -0.504 e. The first-order valence-electron chi connectivity index (χ1n) is 11.1. The monoisotopic (exact) mass is 501 g/mol. The number of amides is 1. The lowest BCUT2D eigenvalue weighted by atomic mass is 9.94. The largest absolute Gasteiger partial charge is 0.504 e. The summed E-state index contributed by atoms with van der Waals surface area (Å²) in [6.07, 6.45) is 5.24. The highest BCUT2D eigenvalue weighted by Gasteiger charge is 2.33. The molecule has 4 aromatic rings. The summed E-state index contributed by atoms with van der Waals surface area (Å²) in [5.41, 5.74) is 2.55. The van der Waals surface area contributed by atoms with E-state index in [1.54, 1.807) is 55.2 Å². The standard InChI is InChI=1S/C26H23N5O4S/c1-15-22(24(33)29-18-7-5-4-6-8-18)23(17-9-10-19(32)20(12-17)35-3)31-25(34)21(36-26(31)28-15)11-16-13-27-30(2)14-16/h4-14,23,32H,1-3H3,(H,29,33)/b21-11+/t23-/m1/s1. The van der Waals surface area contributed by atoms with Crippen LogP contribution in [-0.2, 0) is 11.8 Å². The number of rotatable bonds is 5. The zero-order valence-electron chi connectivity index (χ0n) is 19.8. The first-order chi connectivity index (χ1) is 17.4. The molecule has 0 radical (unpaired) electrons. The van der Waals surface area contributed by atoms with Crippen molar-refractivity contribution in [2.24, 2.45) is 12.0 Å². The summed E-state index contributed by atoms with van der Waals surface area (Å²) in [6.45, 7) is 1.75.